The Bertz CT molecular complexity index is 587. The van der Waals surface area contributed by atoms with E-state index in [0.29, 0.717) is 64.0 Å². The van der Waals surface area contributed by atoms with Crippen LogP contribution < -0.4 is 0 Å². The monoisotopic (exact) mass is 384 g/mol. The van der Waals surface area contributed by atoms with Crippen LogP contribution in [0.5, 0.6) is 0 Å². The van der Waals surface area contributed by atoms with Crippen molar-refractivity contribution in [3.05, 3.63) is 29.9 Å². The van der Waals surface area contributed by atoms with Crippen LogP contribution in [0.25, 0.3) is 5.57 Å². The van der Waals surface area contributed by atoms with Crippen molar-refractivity contribution >= 4 is 5.57 Å². The quantitative estimate of drug-likeness (QED) is 0.521. The first-order valence-electron chi connectivity index (χ1n) is 9.20. The first kappa shape index (κ1) is 21.8. The molecule has 1 aliphatic carbocycles. The molecule has 1 heterocycles. The van der Waals surface area contributed by atoms with Crippen molar-refractivity contribution in [2.75, 3.05) is 53.4 Å². The fourth-order valence-corrected chi connectivity index (χ4v) is 2.68. The fraction of sp³-hybridized carbons (Fsp3) is 0.684. The van der Waals surface area contributed by atoms with Crippen LogP contribution >= 0.6 is 0 Å². The summed E-state index contributed by atoms with van der Waals surface area (Å²) in [6.07, 6.45) is 4.61. The van der Waals surface area contributed by atoms with Gasteiger partial charge in [0.2, 0.25) is 0 Å². The molecule has 0 fully saturated rings. The third-order valence-electron chi connectivity index (χ3n) is 4.26. The molecule has 0 saturated heterocycles. The Labute approximate surface area is 159 Å². The van der Waals surface area contributed by atoms with E-state index in [4.69, 9.17) is 24.1 Å². The number of aliphatic hydroxyl groups is 1. The predicted molar refractivity (Wildman–Crippen MR) is 98.0 cm³/mol. The largest absolute Gasteiger partial charge is 0.390 e. The van der Waals surface area contributed by atoms with Gasteiger partial charge in [-0.05, 0) is 24.5 Å². The topological polar surface area (TPSA) is 82.9 Å². The highest BCUT2D eigenvalue weighted by Crippen LogP contribution is 2.34. The normalized spacial score (nSPS) is 19.9. The summed E-state index contributed by atoms with van der Waals surface area (Å²) < 4.78 is 35.8. The van der Waals surface area contributed by atoms with Crippen LogP contribution in [0.1, 0.15) is 30.8 Å². The second kappa shape index (κ2) is 12.1. The van der Waals surface area contributed by atoms with Gasteiger partial charge in [-0.25, -0.2) is 14.4 Å². The highest BCUT2D eigenvalue weighted by molar-refractivity contribution is 5.61. The summed E-state index contributed by atoms with van der Waals surface area (Å²) in [6.45, 7) is 2.76. The van der Waals surface area contributed by atoms with Crippen LogP contribution in [0.2, 0.25) is 0 Å². The second-order valence-corrected chi connectivity index (χ2v) is 6.38. The van der Waals surface area contributed by atoms with E-state index in [0.717, 1.165) is 5.57 Å². The minimum absolute atomic E-state index is 0.0437. The van der Waals surface area contributed by atoms with E-state index in [-0.39, 0.29) is 19.6 Å². The SMILES string of the molecule is COCCOCCOCCOCC1(F)CC=C(c2nccc(CO)n2)CC1. The number of hydrogen-bond acceptors (Lipinski definition) is 7. The predicted octanol–water partition coefficient (Wildman–Crippen LogP) is 1.94. The van der Waals surface area contributed by atoms with Crippen LogP contribution in [0, 0.1) is 0 Å². The maximum absolute atomic E-state index is 14.8. The Morgan fingerprint density at radius 1 is 1.11 bits per heavy atom. The molecule has 0 aromatic carbocycles. The highest BCUT2D eigenvalue weighted by atomic mass is 19.1. The Morgan fingerprint density at radius 3 is 2.44 bits per heavy atom. The molecule has 152 valence electrons. The standard InChI is InChI=1S/C19H29FN2O5/c1-24-8-9-25-10-11-26-12-13-27-15-19(20)5-2-16(3-6-19)18-21-7-4-17(14-23)22-18/h2,4,7,23H,3,5-6,8-15H2,1H3. The number of aromatic nitrogens is 2. The third kappa shape index (κ3) is 7.98. The number of hydrogen-bond donors (Lipinski definition) is 1. The zero-order valence-electron chi connectivity index (χ0n) is 15.9. The minimum Gasteiger partial charge on any atom is -0.390 e. The lowest BCUT2D eigenvalue weighted by molar-refractivity contribution is -0.0267. The molecular weight excluding hydrogens is 355 g/mol. The summed E-state index contributed by atoms with van der Waals surface area (Å²) in [5.41, 5.74) is 0.0993. The van der Waals surface area contributed by atoms with Crippen LogP contribution in [0.15, 0.2) is 18.3 Å². The molecule has 27 heavy (non-hydrogen) atoms. The van der Waals surface area contributed by atoms with Gasteiger partial charge >= 0.3 is 0 Å². The van der Waals surface area contributed by atoms with Gasteiger partial charge in [-0.2, -0.15) is 0 Å². The molecule has 1 aromatic rings. The summed E-state index contributed by atoms with van der Waals surface area (Å²) in [5, 5.41) is 9.16. The van der Waals surface area contributed by atoms with E-state index in [1.807, 2.05) is 6.08 Å². The number of allylic oxidation sites excluding steroid dienone is 2. The average molecular weight is 384 g/mol. The van der Waals surface area contributed by atoms with Crippen molar-refractivity contribution in [2.45, 2.75) is 31.5 Å². The molecule has 0 aliphatic heterocycles. The van der Waals surface area contributed by atoms with Gasteiger partial charge in [0, 0.05) is 19.7 Å². The number of aliphatic hydroxyl groups excluding tert-OH is 1. The third-order valence-corrected chi connectivity index (χ3v) is 4.26. The summed E-state index contributed by atoms with van der Waals surface area (Å²) in [6, 6.07) is 1.66. The van der Waals surface area contributed by atoms with Crippen molar-refractivity contribution in [2.24, 2.45) is 0 Å². The van der Waals surface area contributed by atoms with E-state index < -0.39 is 5.67 Å². The molecule has 1 aromatic heterocycles. The molecule has 1 N–H and O–H groups in total. The number of methoxy groups -OCH3 is 1. The Morgan fingerprint density at radius 2 is 1.81 bits per heavy atom. The van der Waals surface area contributed by atoms with E-state index in [2.05, 4.69) is 9.97 Å². The number of ether oxygens (including phenoxy) is 4. The average Bonchev–Trinajstić information content (AvgIpc) is 2.70. The fourth-order valence-electron chi connectivity index (χ4n) is 2.68. The van der Waals surface area contributed by atoms with Crippen molar-refractivity contribution < 1.29 is 28.4 Å². The van der Waals surface area contributed by atoms with Gasteiger partial charge in [0.15, 0.2) is 5.82 Å². The summed E-state index contributed by atoms with van der Waals surface area (Å²) in [7, 11) is 1.63. The van der Waals surface area contributed by atoms with Gasteiger partial charge < -0.3 is 24.1 Å². The van der Waals surface area contributed by atoms with E-state index >= 15 is 0 Å². The number of nitrogens with zero attached hydrogens (tertiary/aromatic N) is 2. The van der Waals surface area contributed by atoms with Crippen LogP contribution in [0.4, 0.5) is 4.39 Å². The number of halogens is 1. The molecule has 0 saturated carbocycles. The van der Waals surface area contributed by atoms with Gasteiger partial charge in [0.1, 0.15) is 5.67 Å². The smallest absolute Gasteiger partial charge is 0.155 e. The van der Waals surface area contributed by atoms with Crippen molar-refractivity contribution in [3.8, 4) is 0 Å². The van der Waals surface area contributed by atoms with Gasteiger partial charge in [-0.15, -0.1) is 0 Å². The Balaban J connectivity index is 1.62. The molecular formula is C19H29FN2O5. The maximum atomic E-state index is 14.8. The van der Waals surface area contributed by atoms with Crippen molar-refractivity contribution in [1.82, 2.24) is 9.97 Å². The lowest BCUT2D eigenvalue weighted by Crippen LogP contribution is -2.32. The minimum atomic E-state index is -1.37. The first-order valence-corrected chi connectivity index (χ1v) is 9.20. The molecule has 0 spiro atoms. The highest BCUT2D eigenvalue weighted by Gasteiger charge is 2.32. The molecule has 1 aliphatic rings. The van der Waals surface area contributed by atoms with Gasteiger partial charge in [-0.3, -0.25) is 0 Å². The first-order chi connectivity index (χ1) is 13.2. The summed E-state index contributed by atoms with van der Waals surface area (Å²) in [5.74, 6) is 0.561. The zero-order chi connectivity index (χ0) is 19.4. The van der Waals surface area contributed by atoms with E-state index in [1.54, 1.807) is 19.4 Å². The van der Waals surface area contributed by atoms with Gasteiger partial charge in [0.05, 0.1) is 58.5 Å². The second-order valence-electron chi connectivity index (χ2n) is 6.38. The molecule has 1 unspecified atom stereocenters. The molecule has 0 amide bonds. The summed E-state index contributed by atoms with van der Waals surface area (Å²) in [4.78, 5) is 8.48. The Kier molecular flexibility index (Phi) is 9.79. The van der Waals surface area contributed by atoms with Crippen molar-refractivity contribution in [1.29, 1.82) is 0 Å². The van der Waals surface area contributed by atoms with Crippen LogP contribution in [-0.4, -0.2) is 74.1 Å². The van der Waals surface area contributed by atoms with E-state index in [9.17, 15) is 4.39 Å². The number of rotatable bonds is 13. The molecule has 0 radical (unpaired) electrons. The van der Waals surface area contributed by atoms with Gasteiger partial charge in [0.25, 0.3) is 0 Å². The molecule has 7 nitrogen and oxygen atoms in total. The number of alkyl halides is 1. The maximum Gasteiger partial charge on any atom is 0.155 e. The molecule has 0 bridgehead atoms. The summed E-state index contributed by atoms with van der Waals surface area (Å²) >= 11 is 0. The molecule has 2 rings (SSSR count). The van der Waals surface area contributed by atoms with Gasteiger partial charge in [-0.1, -0.05) is 6.08 Å². The zero-order valence-corrected chi connectivity index (χ0v) is 15.9. The molecule has 1 atom stereocenters. The lowest BCUT2D eigenvalue weighted by atomic mass is 9.87. The lowest BCUT2D eigenvalue weighted by Gasteiger charge is -2.28. The molecule has 8 heteroatoms. The van der Waals surface area contributed by atoms with Crippen LogP contribution in [-0.2, 0) is 25.6 Å². The van der Waals surface area contributed by atoms with E-state index in [1.165, 1.54) is 0 Å². The Hall–Kier alpha value is -1.45. The van der Waals surface area contributed by atoms with Crippen molar-refractivity contribution in [3.63, 3.8) is 0 Å². The van der Waals surface area contributed by atoms with Crippen LogP contribution in [0.3, 0.4) is 0 Å².